The van der Waals surface area contributed by atoms with Crippen molar-refractivity contribution >= 4 is 5.97 Å². The summed E-state index contributed by atoms with van der Waals surface area (Å²) < 4.78 is 5.36. The second-order valence-corrected chi connectivity index (χ2v) is 5.05. The number of ether oxygens (including phenoxy) is 1. The molecule has 13 heavy (non-hydrogen) atoms. The Morgan fingerprint density at radius 1 is 1.46 bits per heavy atom. The highest BCUT2D eigenvalue weighted by Gasteiger charge is 2.63. The molecule has 1 aliphatic heterocycles. The lowest BCUT2D eigenvalue weighted by atomic mass is 9.76. The molecule has 3 nitrogen and oxygen atoms in total. The summed E-state index contributed by atoms with van der Waals surface area (Å²) in [5.41, 5.74) is -0.563. The molecule has 0 spiro atoms. The SMILES string of the molecule is CC1(C)C[C@@H](O)[C@@H]2CC(=O)O[C@@]21C. The van der Waals surface area contributed by atoms with Crippen molar-refractivity contribution in [3.05, 3.63) is 0 Å². The van der Waals surface area contributed by atoms with Crippen LogP contribution in [0.4, 0.5) is 0 Å². The van der Waals surface area contributed by atoms with Crippen LogP contribution in [-0.2, 0) is 9.53 Å². The number of esters is 1. The van der Waals surface area contributed by atoms with Crippen LogP contribution < -0.4 is 0 Å². The summed E-state index contributed by atoms with van der Waals surface area (Å²) in [6, 6.07) is 0. The quantitative estimate of drug-likeness (QED) is 0.573. The van der Waals surface area contributed by atoms with Crippen molar-refractivity contribution in [2.45, 2.75) is 45.3 Å². The molecule has 3 atom stereocenters. The summed E-state index contributed by atoms with van der Waals surface area (Å²) in [5.74, 6) is -0.172. The van der Waals surface area contributed by atoms with Gasteiger partial charge in [-0.1, -0.05) is 13.8 Å². The fourth-order valence-corrected chi connectivity index (χ4v) is 2.74. The van der Waals surface area contributed by atoms with Gasteiger partial charge in [-0.25, -0.2) is 0 Å². The lowest BCUT2D eigenvalue weighted by Crippen LogP contribution is -2.41. The van der Waals surface area contributed by atoms with Gasteiger partial charge >= 0.3 is 5.97 Å². The van der Waals surface area contributed by atoms with E-state index in [9.17, 15) is 9.90 Å². The molecule has 2 fully saturated rings. The summed E-state index contributed by atoms with van der Waals surface area (Å²) in [6.07, 6.45) is 0.717. The van der Waals surface area contributed by atoms with Crippen LogP contribution in [0.5, 0.6) is 0 Å². The maximum Gasteiger partial charge on any atom is 0.306 e. The first-order valence-electron chi connectivity index (χ1n) is 4.77. The van der Waals surface area contributed by atoms with Crippen LogP contribution in [-0.4, -0.2) is 22.8 Å². The number of carbonyl (C=O) groups excluding carboxylic acids is 1. The van der Waals surface area contributed by atoms with Crippen LogP contribution in [0.1, 0.15) is 33.6 Å². The first-order chi connectivity index (χ1) is 5.87. The Bertz CT molecular complexity index is 259. The van der Waals surface area contributed by atoms with Crippen molar-refractivity contribution in [3.8, 4) is 0 Å². The Labute approximate surface area is 78.1 Å². The zero-order chi connectivity index (χ0) is 9.85. The van der Waals surface area contributed by atoms with E-state index in [1.807, 2.05) is 6.92 Å². The summed E-state index contributed by atoms with van der Waals surface area (Å²) in [7, 11) is 0. The lowest BCUT2D eigenvalue weighted by Gasteiger charge is -2.35. The standard InChI is InChI=1S/C10H16O3/c1-9(2)5-7(11)6-4-8(12)13-10(6,9)3/h6-7,11H,4-5H2,1-3H3/t6-,7+,10-/m0/s1. The van der Waals surface area contributed by atoms with Gasteiger partial charge in [0, 0.05) is 11.3 Å². The fraction of sp³-hybridized carbons (Fsp3) is 0.900. The van der Waals surface area contributed by atoms with E-state index in [0.29, 0.717) is 6.42 Å². The third-order valence-corrected chi connectivity index (χ3v) is 3.95. The molecule has 1 N–H and O–H groups in total. The zero-order valence-electron chi connectivity index (χ0n) is 8.33. The highest BCUT2D eigenvalue weighted by molar-refractivity contribution is 5.73. The van der Waals surface area contributed by atoms with Gasteiger partial charge in [0.25, 0.3) is 0 Å². The molecule has 0 radical (unpaired) electrons. The predicted octanol–water partition coefficient (Wildman–Crippen LogP) is 1.10. The van der Waals surface area contributed by atoms with Crippen molar-refractivity contribution in [2.24, 2.45) is 11.3 Å². The minimum absolute atomic E-state index is 0.00463. The lowest BCUT2D eigenvalue weighted by molar-refractivity contribution is -0.155. The van der Waals surface area contributed by atoms with Crippen LogP contribution in [0.2, 0.25) is 0 Å². The maximum absolute atomic E-state index is 11.2. The largest absolute Gasteiger partial charge is 0.458 e. The summed E-state index contributed by atoms with van der Waals surface area (Å²) >= 11 is 0. The highest BCUT2D eigenvalue weighted by atomic mass is 16.6. The number of aliphatic hydroxyl groups is 1. The summed E-state index contributed by atoms with van der Waals surface area (Å²) in [5, 5.41) is 9.79. The molecule has 0 bridgehead atoms. The van der Waals surface area contributed by atoms with E-state index >= 15 is 0 Å². The van der Waals surface area contributed by atoms with Gasteiger partial charge in [0.1, 0.15) is 5.60 Å². The molecule has 1 aliphatic carbocycles. The topological polar surface area (TPSA) is 46.5 Å². The van der Waals surface area contributed by atoms with Crippen molar-refractivity contribution in [1.82, 2.24) is 0 Å². The number of hydrogen-bond acceptors (Lipinski definition) is 3. The van der Waals surface area contributed by atoms with E-state index in [4.69, 9.17) is 4.74 Å². The Kier molecular flexibility index (Phi) is 1.57. The Hall–Kier alpha value is -0.570. The maximum atomic E-state index is 11.2. The van der Waals surface area contributed by atoms with Gasteiger partial charge in [-0.15, -0.1) is 0 Å². The van der Waals surface area contributed by atoms with Gasteiger partial charge in [0.2, 0.25) is 0 Å². The monoisotopic (exact) mass is 184 g/mol. The van der Waals surface area contributed by atoms with Gasteiger partial charge in [0.05, 0.1) is 12.5 Å². The van der Waals surface area contributed by atoms with E-state index in [0.717, 1.165) is 6.42 Å². The Morgan fingerprint density at radius 3 is 2.62 bits per heavy atom. The van der Waals surface area contributed by atoms with E-state index in [1.165, 1.54) is 0 Å². The van der Waals surface area contributed by atoms with E-state index in [1.54, 1.807) is 0 Å². The Balaban J connectivity index is 2.39. The molecular formula is C10H16O3. The summed E-state index contributed by atoms with van der Waals surface area (Å²) in [6.45, 7) is 6.04. The first-order valence-corrected chi connectivity index (χ1v) is 4.77. The van der Waals surface area contributed by atoms with E-state index < -0.39 is 5.60 Å². The average molecular weight is 184 g/mol. The summed E-state index contributed by atoms with van der Waals surface area (Å²) in [4.78, 5) is 11.2. The number of rotatable bonds is 0. The van der Waals surface area contributed by atoms with Crippen LogP contribution in [0.15, 0.2) is 0 Å². The molecular weight excluding hydrogens is 168 g/mol. The van der Waals surface area contributed by atoms with Crippen LogP contribution in [0, 0.1) is 11.3 Å². The molecule has 0 aromatic rings. The van der Waals surface area contributed by atoms with Crippen molar-refractivity contribution < 1.29 is 14.6 Å². The molecule has 0 unspecified atom stereocenters. The van der Waals surface area contributed by atoms with Crippen molar-refractivity contribution in [3.63, 3.8) is 0 Å². The molecule has 1 heterocycles. The van der Waals surface area contributed by atoms with Crippen molar-refractivity contribution in [2.75, 3.05) is 0 Å². The second kappa shape index (κ2) is 2.27. The highest BCUT2D eigenvalue weighted by Crippen LogP contribution is 2.56. The number of carbonyl (C=O) groups is 1. The smallest absolute Gasteiger partial charge is 0.306 e. The second-order valence-electron chi connectivity index (χ2n) is 5.05. The number of hydrogen-bond donors (Lipinski definition) is 1. The van der Waals surface area contributed by atoms with Gasteiger partial charge < -0.3 is 9.84 Å². The van der Waals surface area contributed by atoms with E-state index in [-0.39, 0.29) is 23.4 Å². The zero-order valence-corrected chi connectivity index (χ0v) is 8.33. The molecule has 3 heteroatoms. The molecule has 2 rings (SSSR count). The van der Waals surface area contributed by atoms with Crippen LogP contribution in [0.3, 0.4) is 0 Å². The predicted molar refractivity (Wildman–Crippen MR) is 47.0 cm³/mol. The van der Waals surface area contributed by atoms with E-state index in [2.05, 4.69) is 13.8 Å². The minimum Gasteiger partial charge on any atom is -0.458 e. The van der Waals surface area contributed by atoms with Gasteiger partial charge in [-0.2, -0.15) is 0 Å². The molecule has 74 valence electrons. The molecule has 0 amide bonds. The number of fused-ring (bicyclic) bond motifs is 1. The third-order valence-electron chi connectivity index (χ3n) is 3.95. The number of aliphatic hydroxyl groups excluding tert-OH is 1. The molecule has 2 aliphatic rings. The minimum atomic E-state index is -0.455. The van der Waals surface area contributed by atoms with Gasteiger partial charge in [-0.3, -0.25) is 4.79 Å². The molecule has 0 aromatic carbocycles. The average Bonchev–Trinajstić information content (AvgIpc) is 2.32. The molecule has 0 aromatic heterocycles. The molecule has 1 saturated carbocycles. The fourth-order valence-electron chi connectivity index (χ4n) is 2.74. The first kappa shape index (κ1) is 9.00. The van der Waals surface area contributed by atoms with Crippen molar-refractivity contribution in [1.29, 1.82) is 0 Å². The van der Waals surface area contributed by atoms with Gasteiger partial charge in [0.15, 0.2) is 0 Å². The van der Waals surface area contributed by atoms with Crippen LogP contribution >= 0.6 is 0 Å². The Morgan fingerprint density at radius 2 is 2.08 bits per heavy atom. The normalized spacial score (nSPS) is 47.5. The third kappa shape index (κ3) is 0.966. The van der Waals surface area contributed by atoms with Gasteiger partial charge in [-0.05, 0) is 13.3 Å². The molecule has 1 saturated heterocycles. The van der Waals surface area contributed by atoms with Crippen LogP contribution in [0.25, 0.3) is 0 Å².